The van der Waals surface area contributed by atoms with E-state index in [-0.39, 0.29) is 27.7 Å². The maximum absolute atomic E-state index is 11.1. The normalized spacial score (nSPS) is 8.97. The first kappa shape index (κ1) is 25.2. The molecule has 0 aliphatic heterocycles. The van der Waals surface area contributed by atoms with Crippen LogP contribution in [0.25, 0.3) is 0 Å². The quantitative estimate of drug-likeness (QED) is 0.294. The summed E-state index contributed by atoms with van der Waals surface area (Å²) in [6.45, 7) is 2.59. The Labute approximate surface area is 211 Å². The van der Waals surface area contributed by atoms with Gasteiger partial charge >= 0.3 is 212 Å². The molecule has 1 aromatic heterocycles. The standard InChI is InChI=1S/C30H20O4Se/c1-23(31)33-21-9-15-27-28(16-10-22-34-24(2)32)30(20-18-26-13-7-4-8-14-26)35-29(27)19-17-25-11-5-3-6-12-25/h3-8,11-14H,21-22H2,1-2H3. The molecule has 4 nitrogen and oxygen atoms in total. The van der Waals surface area contributed by atoms with Crippen LogP contribution in [0.5, 0.6) is 0 Å². The Morgan fingerprint density at radius 2 is 1.03 bits per heavy atom. The summed E-state index contributed by atoms with van der Waals surface area (Å²) < 4.78 is 11.6. The van der Waals surface area contributed by atoms with Crippen molar-refractivity contribution >= 4 is 26.4 Å². The Hall–Kier alpha value is -4.38. The third kappa shape index (κ3) is 8.48. The average Bonchev–Trinajstić information content (AvgIpc) is 3.19. The van der Waals surface area contributed by atoms with Crippen molar-refractivity contribution in [2.75, 3.05) is 13.2 Å². The van der Waals surface area contributed by atoms with Gasteiger partial charge in [0.1, 0.15) is 0 Å². The summed E-state index contributed by atoms with van der Waals surface area (Å²) in [7, 11) is 0. The fraction of sp³-hybridized carbons (Fsp3) is 0.133. The first-order chi connectivity index (χ1) is 17.0. The summed E-state index contributed by atoms with van der Waals surface area (Å²) in [6, 6.07) is 19.3. The van der Waals surface area contributed by atoms with Crippen molar-refractivity contribution in [2.45, 2.75) is 13.8 Å². The number of esters is 2. The van der Waals surface area contributed by atoms with Gasteiger partial charge < -0.3 is 0 Å². The minimum atomic E-state index is -0.403. The van der Waals surface area contributed by atoms with Crippen molar-refractivity contribution in [1.29, 1.82) is 0 Å². The monoisotopic (exact) mass is 524 g/mol. The molecule has 2 aromatic carbocycles. The van der Waals surface area contributed by atoms with Gasteiger partial charge in [-0.3, -0.25) is 0 Å². The molecular formula is C30H20O4Se. The van der Waals surface area contributed by atoms with Crippen LogP contribution in [0.2, 0.25) is 0 Å². The Bertz CT molecular complexity index is 1340. The van der Waals surface area contributed by atoms with Crippen LogP contribution in [0.3, 0.4) is 0 Å². The molecule has 0 bridgehead atoms. The Balaban J connectivity index is 2.11. The summed E-state index contributed by atoms with van der Waals surface area (Å²) in [4.78, 5) is 22.2. The van der Waals surface area contributed by atoms with E-state index in [0.717, 1.165) is 20.0 Å². The van der Waals surface area contributed by atoms with E-state index in [9.17, 15) is 9.59 Å². The molecule has 0 spiro atoms. The third-order valence-electron chi connectivity index (χ3n) is 4.22. The molecule has 0 aliphatic carbocycles. The Morgan fingerprint density at radius 3 is 1.40 bits per heavy atom. The molecule has 3 rings (SSSR count). The van der Waals surface area contributed by atoms with Crippen LogP contribution in [0, 0.1) is 47.4 Å². The van der Waals surface area contributed by atoms with Crippen LogP contribution in [0.4, 0.5) is 0 Å². The number of carbonyl (C=O) groups excluding carboxylic acids is 2. The number of carbonyl (C=O) groups is 2. The molecular weight excluding hydrogens is 503 g/mol. The summed E-state index contributed by atoms with van der Waals surface area (Å²) in [6.07, 6.45) is 0. The summed E-state index contributed by atoms with van der Waals surface area (Å²) in [5.74, 6) is 24.0. The molecule has 1 heterocycles. The molecule has 0 fully saturated rings. The Morgan fingerprint density at radius 1 is 0.629 bits per heavy atom. The predicted octanol–water partition coefficient (Wildman–Crippen LogP) is 3.37. The first-order valence-corrected chi connectivity index (χ1v) is 12.3. The fourth-order valence-electron chi connectivity index (χ4n) is 2.67. The number of ether oxygens (including phenoxy) is 2. The van der Waals surface area contributed by atoms with E-state index in [4.69, 9.17) is 9.47 Å². The number of benzene rings is 2. The molecule has 0 saturated carbocycles. The second kappa shape index (κ2) is 13.4. The van der Waals surface area contributed by atoms with Gasteiger partial charge in [0, 0.05) is 0 Å². The third-order valence-corrected chi connectivity index (χ3v) is 6.36. The van der Waals surface area contributed by atoms with E-state index in [1.165, 1.54) is 13.8 Å². The van der Waals surface area contributed by atoms with E-state index in [1.54, 1.807) is 0 Å². The van der Waals surface area contributed by atoms with E-state index in [1.807, 2.05) is 60.7 Å². The van der Waals surface area contributed by atoms with E-state index >= 15 is 0 Å². The van der Waals surface area contributed by atoms with Gasteiger partial charge in [0.05, 0.1) is 0 Å². The SMILES string of the molecule is CC(=O)OCC#Cc1c(C#Cc2ccccc2)[se]c(C#Cc2ccccc2)c1C#CCOC(C)=O. The molecule has 0 amide bonds. The summed E-state index contributed by atoms with van der Waals surface area (Å²) in [5.41, 5.74) is 3.09. The van der Waals surface area contributed by atoms with Crippen LogP contribution >= 0.6 is 0 Å². The van der Waals surface area contributed by atoms with Gasteiger partial charge in [0.25, 0.3) is 0 Å². The number of hydrogen-bond donors (Lipinski definition) is 0. The zero-order chi connectivity index (χ0) is 24.9. The molecule has 0 N–H and O–H groups in total. The fourth-order valence-corrected chi connectivity index (χ4v) is 4.60. The first-order valence-electron chi connectivity index (χ1n) is 10.6. The molecule has 0 aliphatic rings. The topological polar surface area (TPSA) is 52.6 Å². The zero-order valence-electron chi connectivity index (χ0n) is 19.2. The predicted molar refractivity (Wildman–Crippen MR) is 135 cm³/mol. The van der Waals surface area contributed by atoms with Crippen molar-refractivity contribution in [3.05, 3.63) is 91.8 Å². The van der Waals surface area contributed by atoms with Crippen LogP contribution < -0.4 is 0 Å². The van der Waals surface area contributed by atoms with E-state index in [0.29, 0.717) is 11.1 Å². The number of hydrogen-bond acceptors (Lipinski definition) is 4. The molecule has 0 radical (unpaired) electrons. The van der Waals surface area contributed by atoms with Gasteiger partial charge in [-0.15, -0.1) is 0 Å². The Kier molecular flexibility index (Phi) is 9.63. The molecule has 3 aromatic rings. The van der Waals surface area contributed by atoms with Crippen molar-refractivity contribution in [3.63, 3.8) is 0 Å². The van der Waals surface area contributed by atoms with E-state index in [2.05, 4.69) is 47.4 Å². The summed E-state index contributed by atoms with van der Waals surface area (Å²) >= 11 is -0.222. The molecule has 170 valence electrons. The van der Waals surface area contributed by atoms with E-state index < -0.39 is 11.9 Å². The summed E-state index contributed by atoms with van der Waals surface area (Å²) in [5, 5.41) is 0. The van der Waals surface area contributed by atoms with Gasteiger partial charge in [-0.1, -0.05) is 0 Å². The van der Waals surface area contributed by atoms with Crippen molar-refractivity contribution < 1.29 is 19.1 Å². The van der Waals surface area contributed by atoms with Gasteiger partial charge in [0.2, 0.25) is 0 Å². The van der Waals surface area contributed by atoms with Gasteiger partial charge in [0.15, 0.2) is 0 Å². The molecule has 0 saturated heterocycles. The molecule has 0 atom stereocenters. The van der Waals surface area contributed by atoms with Crippen LogP contribution in [-0.2, 0) is 19.1 Å². The van der Waals surface area contributed by atoms with Crippen molar-refractivity contribution in [1.82, 2.24) is 0 Å². The zero-order valence-corrected chi connectivity index (χ0v) is 20.9. The van der Waals surface area contributed by atoms with Crippen molar-refractivity contribution in [2.24, 2.45) is 0 Å². The molecule has 35 heavy (non-hydrogen) atoms. The molecule has 0 unspecified atom stereocenters. The molecule has 5 heteroatoms. The maximum atomic E-state index is 11.1. The second-order valence-electron chi connectivity index (χ2n) is 6.91. The second-order valence-corrected chi connectivity index (χ2v) is 9.05. The van der Waals surface area contributed by atoms with Gasteiger partial charge in [-0.05, 0) is 0 Å². The van der Waals surface area contributed by atoms with Gasteiger partial charge in [-0.2, -0.15) is 0 Å². The minimum absolute atomic E-state index is 0.0373. The van der Waals surface area contributed by atoms with Crippen LogP contribution in [-0.4, -0.2) is 39.7 Å². The van der Waals surface area contributed by atoms with Crippen LogP contribution in [0.15, 0.2) is 60.7 Å². The van der Waals surface area contributed by atoms with Crippen molar-refractivity contribution in [3.8, 4) is 47.4 Å². The van der Waals surface area contributed by atoms with Gasteiger partial charge in [-0.25, -0.2) is 0 Å². The van der Waals surface area contributed by atoms with Crippen LogP contribution in [0.1, 0.15) is 45.0 Å². The number of rotatable bonds is 2. The average molecular weight is 523 g/mol.